The first-order valence-electron chi connectivity index (χ1n) is 4.08. The van der Waals surface area contributed by atoms with Gasteiger partial charge in [-0.05, 0) is 0 Å². The molecule has 0 unspecified atom stereocenters. The van der Waals surface area contributed by atoms with Gasteiger partial charge in [0.25, 0.3) is 0 Å². The monoisotopic (exact) mass is 222 g/mol. The molecule has 0 fully saturated rings. The Kier molecular flexibility index (Phi) is 2.58. The van der Waals surface area contributed by atoms with E-state index in [4.69, 9.17) is 0 Å². The zero-order valence-corrected chi connectivity index (χ0v) is 8.34. The van der Waals surface area contributed by atoms with Gasteiger partial charge in [-0.15, -0.1) is 0 Å². The summed E-state index contributed by atoms with van der Waals surface area (Å²) in [4.78, 5) is 14.4. The van der Waals surface area contributed by atoms with Crippen LogP contribution in [0.5, 0.6) is 0 Å². The molecule has 0 radical (unpaired) electrons. The first-order chi connectivity index (χ1) is 6.62. The molecule has 0 aliphatic rings. The highest BCUT2D eigenvalue weighted by Crippen LogP contribution is 2.28. The number of carbonyl (C=O) groups excluding carboxylic acids is 1. The molecule has 0 atom stereocenters. The van der Waals surface area contributed by atoms with Gasteiger partial charge < -0.3 is 4.52 Å². The molecule has 0 amide bonds. The molecule has 7 heteroatoms. The second-order valence-electron chi connectivity index (χ2n) is 4.00. The minimum Gasteiger partial charge on any atom is -0.329 e. The van der Waals surface area contributed by atoms with Gasteiger partial charge >= 0.3 is 12.1 Å². The molecule has 1 aromatic rings. The fourth-order valence-corrected chi connectivity index (χ4v) is 0.766. The molecule has 0 aliphatic carbocycles. The smallest absolute Gasteiger partial charge is 0.329 e. The quantitative estimate of drug-likeness (QED) is 0.684. The van der Waals surface area contributed by atoms with Gasteiger partial charge in [-0.3, -0.25) is 4.79 Å². The van der Waals surface area contributed by atoms with Crippen LogP contribution in [0.3, 0.4) is 0 Å². The number of aromatic nitrogens is 2. The lowest BCUT2D eigenvalue weighted by atomic mass is 9.90. The minimum absolute atomic E-state index is 0.546. The number of alkyl halides is 3. The van der Waals surface area contributed by atoms with E-state index < -0.39 is 29.1 Å². The normalized spacial score (nSPS) is 12.9. The molecule has 15 heavy (non-hydrogen) atoms. The van der Waals surface area contributed by atoms with Crippen LogP contribution >= 0.6 is 0 Å². The highest BCUT2D eigenvalue weighted by atomic mass is 19.4. The van der Waals surface area contributed by atoms with Crippen molar-refractivity contribution in [1.29, 1.82) is 0 Å². The van der Waals surface area contributed by atoms with Crippen molar-refractivity contribution < 1.29 is 22.5 Å². The van der Waals surface area contributed by atoms with Crippen LogP contribution in [0.4, 0.5) is 13.2 Å². The fourth-order valence-electron chi connectivity index (χ4n) is 0.766. The van der Waals surface area contributed by atoms with Gasteiger partial charge in [0.15, 0.2) is 0 Å². The van der Waals surface area contributed by atoms with Crippen LogP contribution in [0, 0.1) is 5.41 Å². The molecule has 1 rings (SSSR count). The van der Waals surface area contributed by atoms with E-state index in [0.29, 0.717) is 0 Å². The van der Waals surface area contributed by atoms with Crippen molar-refractivity contribution in [2.45, 2.75) is 26.9 Å². The van der Waals surface area contributed by atoms with Crippen LogP contribution in [0.2, 0.25) is 0 Å². The number of hydrogen-bond acceptors (Lipinski definition) is 4. The van der Waals surface area contributed by atoms with Gasteiger partial charge in [-0.25, -0.2) is 0 Å². The van der Waals surface area contributed by atoms with Crippen LogP contribution in [0.25, 0.3) is 0 Å². The summed E-state index contributed by atoms with van der Waals surface area (Å²) in [7, 11) is 0. The highest BCUT2D eigenvalue weighted by Gasteiger charge is 2.40. The highest BCUT2D eigenvalue weighted by molar-refractivity contribution is 5.96. The zero-order valence-electron chi connectivity index (χ0n) is 8.34. The van der Waals surface area contributed by atoms with Crippen LogP contribution < -0.4 is 0 Å². The van der Waals surface area contributed by atoms with E-state index in [9.17, 15) is 18.0 Å². The second kappa shape index (κ2) is 3.32. The van der Waals surface area contributed by atoms with E-state index in [1.54, 1.807) is 20.8 Å². The second-order valence-corrected chi connectivity index (χ2v) is 4.00. The van der Waals surface area contributed by atoms with Crippen molar-refractivity contribution in [3.05, 3.63) is 11.7 Å². The maximum absolute atomic E-state index is 12.1. The van der Waals surface area contributed by atoms with Gasteiger partial charge in [0.2, 0.25) is 11.6 Å². The SMILES string of the molecule is CC(C)(C)C(=O)c1noc(C(F)(F)F)n1. The Labute approximate surface area is 83.5 Å². The molecule has 0 aromatic carbocycles. The minimum atomic E-state index is -4.72. The lowest BCUT2D eigenvalue weighted by Crippen LogP contribution is -2.21. The Hall–Kier alpha value is -1.40. The number of ketones is 1. The van der Waals surface area contributed by atoms with Gasteiger partial charge in [-0.1, -0.05) is 25.9 Å². The predicted molar refractivity (Wildman–Crippen MR) is 43.1 cm³/mol. The van der Waals surface area contributed by atoms with E-state index in [1.165, 1.54) is 0 Å². The molecule has 0 N–H and O–H groups in total. The number of halogens is 3. The molecule has 84 valence electrons. The molecule has 0 saturated carbocycles. The van der Waals surface area contributed by atoms with E-state index >= 15 is 0 Å². The predicted octanol–water partition coefficient (Wildman–Crippen LogP) is 2.32. The Bertz CT molecular complexity index is 376. The summed E-state index contributed by atoms with van der Waals surface area (Å²) in [5, 5.41) is 2.99. The third kappa shape index (κ3) is 2.54. The first kappa shape index (κ1) is 11.7. The Morgan fingerprint density at radius 1 is 1.27 bits per heavy atom. The van der Waals surface area contributed by atoms with Crippen LogP contribution in [-0.4, -0.2) is 15.9 Å². The molecule has 1 heterocycles. The van der Waals surface area contributed by atoms with Crippen molar-refractivity contribution >= 4 is 5.78 Å². The molecule has 1 aromatic heterocycles. The first-order valence-corrected chi connectivity index (χ1v) is 4.08. The summed E-state index contributed by atoms with van der Waals surface area (Å²) in [6.07, 6.45) is -4.72. The van der Waals surface area contributed by atoms with Gasteiger partial charge in [0.05, 0.1) is 0 Å². The number of rotatable bonds is 1. The molecule has 0 bridgehead atoms. The van der Waals surface area contributed by atoms with Gasteiger partial charge in [0.1, 0.15) is 0 Å². The van der Waals surface area contributed by atoms with E-state index in [2.05, 4.69) is 14.7 Å². The summed E-state index contributed by atoms with van der Waals surface area (Å²) < 4.78 is 40.1. The van der Waals surface area contributed by atoms with Crippen molar-refractivity contribution in [3.63, 3.8) is 0 Å². The summed E-state index contributed by atoms with van der Waals surface area (Å²) in [5.41, 5.74) is -0.841. The van der Waals surface area contributed by atoms with Crippen LogP contribution in [-0.2, 0) is 6.18 Å². The van der Waals surface area contributed by atoms with Crippen molar-refractivity contribution in [3.8, 4) is 0 Å². The summed E-state index contributed by atoms with van der Waals surface area (Å²) in [5.74, 6) is -2.65. The third-order valence-electron chi connectivity index (χ3n) is 1.55. The maximum Gasteiger partial charge on any atom is 0.471 e. The molecule has 0 saturated heterocycles. The summed E-state index contributed by atoms with van der Waals surface area (Å²) in [6.45, 7) is 4.66. The van der Waals surface area contributed by atoms with E-state index in [-0.39, 0.29) is 0 Å². The van der Waals surface area contributed by atoms with Crippen molar-refractivity contribution in [2.75, 3.05) is 0 Å². The molecule has 0 aliphatic heterocycles. The Morgan fingerprint density at radius 3 is 2.13 bits per heavy atom. The number of Topliss-reactive ketones (excluding diaryl/α,β-unsaturated/α-hetero) is 1. The van der Waals surface area contributed by atoms with Gasteiger partial charge in [0, 0.05) is 5.41 Å². The molecule has 4 nitrogen and oxygen atoms in total. The van der Waals surface area contributed by atoms with E-state index in [1.807, 2.05) is 0 Å². The van der Waals surface area contributed by atoms with Crippen LogP contribution in [0.15, 0.2) is 4.52 Å². The summed E-state index contributed by atoms with van der Waals surface area (Å²) >= 11 is 0. The summed E-state index contributed by atoms with van der Waals surface area (Å²) in [6, 6.07) is 0. The average Bonchev–Trinajstić information content (AvgIpc) is 2.47. The largest absolute Gasteiger partial charge is 0.471 e. The Balaban J connectivity index is 3.01. The number of nitrogens with zero attached hydrogens (tertiary/aromatic N) is 2. The zero-order chi connectivity index (χ0) is 11.9. The van der Waals surface area contributed by atoms with Crippen LogP contribution in [0.1, 0.15) is 37.3 Å². The third-order valence-corrected chi connectivity index (χ3v) is 1.55. The topological polar surface area (TPSA) is 56.0 Å². The standard InChI is InChI=1S/C8H9F3N2O2/c1-7(2,3)4(14)5-12-6(15-13-5)8(9,10)11/h1-3H3. The molecular formula is C8H9F3N2O2. The maximum atomic E-state index is 12.1. The molecule has 0 spiro atoms. The molecular weight excluding hydrogens is 213 g/mol. The average molecular weight is 222 g/mol. The lowest BCUT2D eigenvalue weighted by molar-refractivity contribution is -0.159. The lowest BCUT2D eigenvalue weighted by Gasteiger charge is -2.12. The van der Waals surface area contributed by atoms with Crippen molar-refractivity contribution in [2.24, 2.45) is 5.41 Å². The van der Waals surface area contributed by atoms with Gasteiger partial charge in [-0.2, -0.15) is 18.2 Å². The number of carbonyl (C=O) groups is 1. The Morgan fingerprint density at radius 2 is 1.80 bits per heavy atom. The van der Waals surface area contributed by atoms with E-state index in [0.717, 1.165) is 0 Å². The number of hydrogen-bond donors (Lipinski definition) is 0. The van der Waals surface area contributed by atoms with Crippen molar-refractivity contribution in [1.82, 2.24) is 10.1 Å². The fraction of sp³-hybridized carbons (Fsp3) is 0.625.